The highest BCUT2D eigenvalue weighted by molar-refractivity contribution is 5.75. The van der Waals surface area contributed by atoms with Gasteiger partial charge in [-0.25, -0.2) is 0 Å². The van der Waals surface area contributed by atoms with Gasteiger partial charge in [0.05, 0.1) is 12.2 Å². The summed E-state index contributed by atoms with van der Waals surface area (Å²) in [5, 5.41) is 15.4. The molecule has 1 N–H and O–H groups in total. The molecule has 0 saturated heterocycles. The second-order valence-corrected chi connectivity index (χ2v) is 7.21. The van der Waals surface area contributed by atoms with Crippen LogP contribution in [0.15, 0.2) is 79.0 Å². The van der Waals surface area contributed by atoms with E-state index in [4.69, 9.17) is 4.74 Å². The number of aromatic nitrogens is 5. The first kappa shape index (κ1) is 21.2. The molecule has 0 saturated carbocycles. The Hall–Kier alpha value is -4.07. The highest BCUT2D eigenvalue weighted by Gasteiger charge is 2.07. The molecular formula is C24H24N6O2. The lowest BCUT2D eigenvalue weighted by atomic mass is 10.2. The zero-order valence-corrected chi connectivity index (χ0v) is 17.6. The van der Waals surface area contributed by atoms with Crippen LogP contribution in [0.1, 0.15) is 24.1 Å². The summed E-state index contributed by atoms with van der Waals surface area (Å²) in [6, 6.07) is 23.1. The third-order valence-electron chi connectivity index (χ3n) is 4.77. The zero-order valence-electron chi connectivity index (χ0n) is 17.6. The van der Waals surface area contributed by atoms with Crippen LogP contribution in [-0.4, -0.2) is 31.1 Å². The van der Waals surface area contributed by atoms with Gasteiger partial charge in [-0.1, -0.05) is 48.5 Å². The lowest BCUT2D eigenvalue weighted by Gasteiger charge is -2.08. The molecule has 4 rings (SSSR count). The predicted molar refractivity (Wildman–Crippen MR) is 119 cm³/mol. The Morgan fingerprint density at radius 1 is 0.969 bits per heavy atom. The first-order valence-electron chi connectivity index (χ1n) is 10.5. The number of ether oxygens (including phenoxy) is 1. The highest BCUT2D eigenvalue weighted by Crippen LogP contribution is 2.14. The van der Waals surface area contributed by atoms with Crippen molar-refractivity contribution in [3.63, 3.8) is 0 Å². The summed E-state index contributed by atoms with van der Waals surface area (Å²) in [7, 11) is 0. The molecule has 0 atom stereocenters. The number of nitrogens with zero attached hydrogens (tertiary/aromatic N) is 5. The number of aryl methyl sites for hydroxylation is 1. The lowest BCUT2D eigenvalue weighted by molar-refractivity contribution is -0.121. The van der Waals surface area contributed by atoms with Crippen molar-refractivity contribution in [2.24, 2.45) is 0 Å². The molecular weight excluding hydrogens is 404 g/mol. The van der Waals surface area contributed by atoms with Crippen molar-refractivity contribution < 1.29 is 9.53 Å². The smallest absolute Gasteiger partial charge is 0.220 e. The van der Waals surface area contributed by atoms with Gasteiger partial charge in [-0.05, 0) is 41.5 Å². The Bertz CT molecular complexity index is 1110. The summed E-state index contributed by atoms with van der Waals surface area (Å²) < 4.78 is 5.73. The fourth-order valence-corrected chi connectivity index (χ4v) is 3.06. The van der Waals surface area contributed by atoms with Gasteiger partial charge >= 0.3 is 0 Å². The number of amides is 1. The minimum absolute atomic E-state index is 0.0103. The fraction of sp³-hybridized carbons (Fsp3) is 0.208. The van der Waals surface area contributed by atoms with Gasteiger partial charge in [0, 0.05) is 24.7 Å². The van der Waals surface area contributed by atoms with E-state index in [1.807, 2.05) is 72.8 Å². The summed E-state index contributed by atoms with van der Waals surface area (Å²) in [5.74, 6) is 1.34. The summed E-state index contributed by atoms with van der Waals surface area (Å²) in [6.07, 6.45) is 2.78. The number of carbonyl (C=O) groups excluding carboxylic acids is 1. The molecule has 4 aromatic rings. The number of benzene rings is 2. The van der Waals surface area contributed by atoms with Crippen molar-refractivity contribution in [1.29, 1.82) is 0 Å². The van der Waals surface area contributed by atoms with E-state index >= 15 is 0 Å². The van der Waals surface area contributed by atoms with Gasteiger partial charge in [-0.2, -0.15) is 4.80 Å². The van der Waals surface area contributed by atoms with Gasteiger partial charge in [0.2, 0.25) is 11.7 Å². The second kappa shape index (κ2) is 10.8. The maximum Gasteiger partial charge on any atom is 0.220 e. The van der Waals surface area contributed by atoms with Crippen LogP contribution < -0.4 is 10.1 Å². The number of tetrazole rings is 1. The van der Waals surface area contributed by atoms with E-state index in [0.29, 0.717) is 38.4 Å². The summed E-state index contributed by atoms with van der Waals surface area (Å²) in [4.78, 5) is 17.9. The molecule has 2 heterocycles. The second-order valence-electron chi connectivity index (χ2n) is 7.21. The van der Waals surface area contributed by atoms with Gasteiger partial charge < -0.3 is 10.1 Å². The minimum atomic E-state index is -0.0103. The molecule has 0 unspecified atom stereocenters. The van der Waals surface area contributed by atoms with Gasteiger partial charge in [-0.3, -0.25) is 9.78 Å². The standard InChI is InChI=1S/C24H24N6O2/c31-23(10-6-16-30-28-24(27-29-30)20-7-2-1-3-8-20)26-17-19-11-13-22(14-12-19)32-18-21-9-4-5-15-25-21/h1-5,7-9,11-15H,6,10,16-18H2,(H,26,31). The molecule has 0 radical (unpaired) electrons. The van der Waals surface area contributed by atoms with Crippen molar-refractivity contribution in [2.45, 2.75) is 32.5 Å². The third kappa shape index (κ3) is 6.21. The summed E-state index contributed by atoms with van der Waals surface area (Å²) >= 11 is 0. The molecule has 32 heavy (non-hydrogen) atoms. The molecule has 0 spiro atoms. The van der Waals surface area contributed by atoms with E-state index in [1.165, 1.54) is 4.80 Å². The average Bonchev–Trinajstić information content (AvgIpc) is 3.32. The molecule has 162 valence electrons. The number of hydrogen-bond acceptors (Lipinski definition) is 6. The number of rotatable bonds is 10. The predicted octanol–water partition coefficient (Wildman–Crippen LogP) is 3.41. The quantitative estimate of drug-likeness (QED) is 0.416. The Morgan fingerprint density at radius 2 is 1.78 bits per heavy atom. The van der Waals surface area contributed by atoms with Crippen molar-refractivity contribution in [1.82, 2.24) is 30.5 Å². The van der Waals surface area contributed by atoms with Crippen LogP contribution in [0.3, 0.4) is 0 Å². The molecule has 0 fully saturated rings. The van der Waals surface area contributed by atoms with E-state index < -0.39 is 0 Å². The van der Waals surface area contributed by atoms with Crippen LogP contribution >= 0.6 is 0 Å². The summed E-state index contributed by atoms with van der Waals surface area (Å²) in [6.45, 7) is 1.43. The fourth-order valence-electron chi connectivity index (χ4n) is 3.06. The minimum Gasteiger partial charge on any atom is -0.487 e. The number of hydrogen-bond donors (Lipinski definition) is 1. The molecule has 0 bridgehead atoms. The maximum absolute atomic E-state index is 12.2. The van der Waals surface area contributed by atoms with Crippen LogP contribution in [0.4, 0.5) is 0 Å². The molecule has 8 nitrogen and oxygen atoms in total. The Labute approximate surface area is 186 Å². The number of pyridine rings is 1. The normalized spacial score (nSPS) is 10.6. The summed E-state index contributed by atoms with van der Waals surface area (Å²) in [5.41, 5.74) is 2.81. The third-order valence-corrected chi connectivity index (χ3v) is 4.77. The first-order chi connectivity index (χ1) is 15.8. The van der Waals surface area contributed by atoms with Gasteiger partial charge in [0.15, 0.2) is 0 Å². The SMILES string of the molecule is O=C(CCCn1nnc(-c2ccccc2)n1)NCc1ccc(OCc2ccccn2)cc1. The molecule has 8 heteroatoms. The van der Waals surface area contributed by atoms with Crippen LogP contribution in [0.2, 0.25) is 0 Å². The molecule has 2 aromatic heterocycles. The zero-order chi connectivity index (χ0) is 22.0. The number of nitrogens with one attached hydrogen (secondary N) is 1. The molecule has 2 aromatic carbocycles. The Kier molecular flexibility index (Phi) is 7.15. The van der Waals surface area contributed by atoms with E-state index in [2.05, 4.69) is 25.7 Å². The molecule has 0 aliphatic carbocycles. The van der Waals surface area contributed by atoms with Crippen LogP contribution in [0.5, 0.6) is 5.75 Å². The van der Waals surface area contributed by atoms with Crippen molar-refractivity contribution in [2.75, 3.05) is 0 Å². The van der Waals surface area contributed by atoms with Gasteiger partial charge in [-0.15, -0.1) is 10.2 Å². The average molecular weight is 428 g/mol. The van der Waals surface area contributed by atoms with Crippen molar-refractivity contribution in [3.8, 4) is 17.1 Å². The molecule has 0 aliphatic rings. The Balaban J connectivity index is 1.15. The topological polar surface area (TPSA) is 94.8 Å². The van der Waals surface area contributed by atoms with E-state index in [1.54, 1.807) is 6.20 Å². The lowest BCUT2D eigenvalue weighted by Crippen LogP contribution is -2.22. The first-order valence-corrected chi connectivity index (χ1v) is 10.5. The van der Waals surface area contributed by atoms with E-state index in [9.17, 15) is 4.79 Å². The van der Waals surface area contributed by atoms with Crippen LogP contribution in [0.25, 0.3) is 11.4 Å². The Morgan fingerprint density at radius 3 is 2.56 bits per heavy atom. The monoisotopic (exact) mass is 428 g/mol. The highest BCUT2D eigenvalue weighted by atomic mass is 16.5. The van der Waals surface area contributed by atoms with Crippen molar-refractivity contribution in [3.05, 3.63) is 90.3 Å². The van der Waals surface area contributed by atoms with Gasteiger partial charge in [0.1, 0.15) is 12.4 Å². The van der Waals surface area contributed by atoms with Crippen LogP contribution in [-0.2, 0) is 24.5 Å². The van der Waals surface area contributed by atoms with E-state index in [0.717, 1.165) is 22.6 Å². The largest absolute Gasteiger partial charge is 0.487 e. The van der Waals surface area contributed by atoms with Crippen molar-refractivity contribution >= 4 is 5.91 Å². The van der Waals surface area contributed by atoms with Crippen LogP contribution in [0, 0.1) is 0 Å². The number of carbonyl (C=O) groups is 1. The van der Waals surface area contributed by atoms with Gasteiger partial charge in [0.25, 0.3) is 0 Å². The van der Waals surface area contributed by atoms with E-state index in [-0.39, 0.29) is 5.91 Å². The maximum atomic E-state index is 12.2. The molecule has 1 amide bonds. The molecule has 0 aliphatic heterocycles.